The maximum Gasteiger partial charge on any atom is 0.0839 e. The number of hydrogen-bond acceptors (Lipinski definition) is 3. The predicted octanol–water partition coefficient (Wildman–Crippen LogP) is 2.32. The van der Waals surface area contributed by atoms with Gasteiger partial charge in [0.1, 0.15) is 0 Å². The molecular formula is C16H23N3. The third kappa shape index (κ3) is 3.79. The Morgan fingerprint density at radius 2 is 2.16 bits per heavy atom. The Kier molecular flexibility index (Phi) is 4.95. The van der Waals surface area contributed by atoms with Crippen molar-refractivity contribution >= 4 is 0 Å². The molecule has 0 saturated carbocycles. The minimum absolute atomic E-state index is 0.0292. The molecule has 1 aliphatic heterocycles. The minimum atomic E-state index is -0.0292. The number of likely N-dealkylation sites (tertiary alicyclic amines) is 1. The molecule has 102 valence electrons. The average Bonchev–Trinajstić information content (AvgIpc) is 2.45. The largest absolute Gasteiger partial charge is 0.305 e. The quantitative estimate of drug-likeness (QED) is 0.829. The van der Waals surface area contributed by atoms with Gasteiger partial charge in [-0.3, -0.25) is 0 Å². The van der Waals surface area contributed by atoms with E-state index in [-0.39, 0.29) is 5.92 Å². The third-order valence-electron chi connectivity index (χ3n) is 4.05. The topological polar surface area (TPSA) is 30.3 Å². The summed E-state index contributed by atoms with van der Waals surface area (Å²) in [6, 6.07) is 13.1. The Morgan fingerprint density at radius 1 is 1.42 bits per heavy atom. The Bertz CT molecular complexity index is 423. The second-order valence-corrected chi connectivity index (χ2v) is 5.59. The molecule has 2 atom stereocenters. The molecule has 0 bridgehead atoms. The summed E-state index contributed by atoms with van der Waals surface area (Å²) in [5.74, 6) is -0.0292. The molecule has 0 N–H and O–H groups in total. The van der Waals surface area contributed by atoms with Crippen LogP contribution in [0, 0.1) is 11.3 Å². The van der Waals surface area contributed by atoms with Crippen LogP contribution in [-0.2, 0) is 0 Å². The molecule has 3 heteroatoms. The van der Waals surface area contributed by atoms with Crippen LogP contribution < -0.4 is 0 Å². The molecule has 1 fully saturated rings. The number of nitriles is 1. The standard InChI is InChI=1S/C16H23N3/c1-18-10-6-9-16(13-18)19(2)12-15(11-17)14-7-4-3-5-8-14/h3-5,7-8,15-16H,6,9-10,12-13H2,1-2H3. The Hall–Kier alpha value is -1.37. The predicted molar refractivity (Wildman–Crippen MR) is 77.9 cm³/mol. The zero-order chi connectivity index (χ0) is 13.7. The molecule has 19 heavy (non-hydrogen) atoms. The fourth-order valence-electron chi connectivity index (χ4n) is 2.84. The molecule has 0 spiro atoms. The summed E-state index contributed by atoms with van der Waals surface area (Å²) in [4.78, 5) is 4.74. The summed E-state index contributed by atoms with van der Waals surface area (Å²) in [5.41, 5.74) is 1.13. The lowest BCUT2D eigenvalue weighted by Crippen LogP contribution is -2.46. The molecule has 1 saturated heterocycles. The van der Waals surface area contributed by atoms with E-state index in [1.54, 1.807) is 0 Å². The molecule has 2 rings (SSSR count). The third-order valence-corrected chi connectivity index (χ3v) is 4.05. The van der Waals surface area contributed by atoms with Crippen molar-refractivity contribution in [3.05, 3.63) is 35.9 Å². The molecule has 0 radical (unpaired) electrons. The molecule has 1 aliphatic rings. The first-order valence-corrected chi connectivity index (χ1v) is 7.04. The number of hydrogen-bond donors (Lipinski definition) is 0. The normalized spacial score (nSPS) is 22.1. The van der Waals surface area contributed by atoms with E-state index < -0.39 is 0 Å². The van der Waals surface area contributed by atoms with Gasteiger partial charge in [0.25, 0.3) is 0 Å². The molecule has 1 heterocycles. The zero-order valence-corrected chi connectivity index (χ0v) is 11.9. The van der Waals surface area contributed by atoms with E-state index >= 15 is 0 Å². The first-order valence-electron chi connectivity index (χ1n) is 7.04. The second kappa shape index (κ2) is 6.70. The zero-order valence-electron chi connectivity index (χ0n) is 11.9. The number of piperidine rings is 1. The summed E-state index contributed by atoms with van der Waals surface area (Å²) >= 11 is 0. The van der Waals surface area contributed by atoms with Gasteiger partial charge in [-0.15, -0.1) is 0 Å². The highest BCUT2D eigenvalue weighted by molar-refractivity contribution is 5.25. The van der Waals surface area contributed by atoms with E-state index in [0.717, 1.165) is 18.7 Å². The maximum absolute atomic E-state index is 9.39. The van der Waals surface area contributed by atoms with Crippen LogP contribution in [0.5, 0.6) is 0 Å². The maximum atomic E-state index is 9.39. The van der Waals surface area contributed by atoms with Gasteiger partial charge in [-0.2, -0.15) is 5.26 Å². The van der Waals surface area contributed by atoms with Gasteiger partial charge in [-0.05, 0) is 39.0 Å². The number of rotatable bonds is 4. The molecule has 0 amide bonds. The van der Waals surface area contributed by atoms with Gasteiger partial charge in [0.15, 0.2) is 0 Å². The van der Waals surface area contributed by atoms with Crippen molar-refractivity contribution in [2.75, 3.05) is 33.7 Å². The number of benzene rings is 1. The minimum Gasteiger partial charge on any atom is -0.305 e. The molecule has 1 aromatic rings. The first-order chi connectivity index (χ1) is 9.20. The van der Waals surface area contributed by atoms with Crippen LogP contribution in [0.4, 0.5) is 0 Å². The van der Waals surface area contributed by atoms with Crippen LogP contribution >= 0.6 is 0 Å². The summed E-state index contributed by atoms with van der Waals surface area (Å²) in [5, 5.41) is 9.39. The molecule has 3 nitrogen and oxygen atoms in total. The SMILES string of the molecule is CN1CCCC(N(C)CC(C#N)c2ccccc2)C1. The summed E-state index contributed by atoms with van der Waals surface area (Å²) in [7, 11) is 4.33. The Balaban J connectivity index is 1.97. The van der Waals surface area contributed by atoms with Gasteiger partial charge in [0, 0.05) is 19.1 Å². The molecule has 0 aliphatic carbocycles. The van der Waals surface area contributed by atoms with Crippen LogP contribution in [0.3, 0.4) is 0 Å². The van der Waals surface area contributed by atoms with Gasteiger partial charge < -0.3 is 9.80 Å². The van der Waals surface area contributed by atoms with Gasteiger partial charge in [0.2, 0.25) is 0 Å². The van der Waals surface area contributed by atoms with Gasteiger partial charge in [-0.25, -0.2) is 0 Å². The van der Waals surface area contributed by atoms with Crippen molar-refractivity contribution in [3.8, 4) is 6.07 Å². The van der Waals surface area contributed by atoms with Crippen LogP contribution in [0.2, 0.25) is 0 Å². The summed E-state index contributed by atoms with van der Waals surface area (Å²) < 4.78 is 0. The lowest BCUT2D eigenvalue weighted by molar-refractivity contribution is 0.133. The highest BCUT2D eigenvalue weighted by Gasteiger charge is 2.23. The molecular weight excluding hydrogens is 234 g/mol. The van der Waals surface area contributed by atoms with Gasteiger partial charge in [-0.1, -0.05) is 30.3 Å². The molecule has 2 unspecified atom stereocenters. The number of nitrogens with zero attached hydrogens (tertiary/aromatic N) is 3. The van der Waals surface area contributed by atoms with Crippen LogP contribution in [-0.4, -0.2) is 49.6 Å². The van der Waals surface area contributed by atoms with E-state index in [9.17, 15) is 5.26 Å². The van der Waals surface area contributed by atoms with Crippen LogP contribution in [0.1, 0.15) is 24.3 Å². The van der Waals surface area contributed by atoms with Crippen LogP contribution in [0.25, 0.3) is 0 Å². The average molecular weight is 257 g/mol. The molecule has 0 aromatic heterocycles. The fraction of sp³-hybridized carbons (Fsp3) is 0.562. The van der Waals surface area contributed by atoms with Gasteiger partial charge in [0.05, 0.1) is 12.0 Å². The van der Waals surface area contributed by atoms with Gasteiger partial charge >= 0.3 is 0 Å². The fourth-order valence-corrected chi connectivity index (χ4v) is 2.84. The van der Waals surface area contributed by atoms with Crippen molar-refractivity contribution in [3.63, 3.8) is 0 Å². The second-order valence-electron chi connectivity index (χ2n) is 5.59. The number of likely N-dealkylation sites (N-methyl/N-ethyl adjacent to an activating group) is 2. The van der Waals surface area contributed by atoms with E-state index in [1.807, 2.05) is 18.2 Å². The van der Waals surface area contributed by atoms with E-state index in [1.165, 1.54) is 19.4 Å². The van der Waals surface area contributed by atoms with E-state index in [4.69, 9.17) is 0 Å². The van der Waals surface area contributed by atoms with Crippen molar-refractivity contribution in [2.45, 2.75) is 24.8 Å². The van der Waals surface area contributed by atoms with E-state index in [0.29, 0.717) is 6.04 Å². The van der Waals surface area contributed by atoms with Crippen LogP contribution in [0.15, 0.2) is 30.3 Å². The van der Waals surface area contributed by atoms with Crippen molar-refractivity contribution in [2.24, 2.45) is 0 Å². The highest BCUT2D eigenvalue weighted by atomic mass is 15.2. The smallest absolute Gasteiger partial charge is 0.0839 e. The van der Waals surface area contributed by atoms with Crippen molar-refractivity contribution in [1.82, 2.24) is 9.80 Å². The van der Waals surface area contributed by atoms with Crippen molar-refractivity contribution in [1.29, 1.82) is 5.26 Å². The molecule has 1 aromatic carbocycles. The lowest BCUT2D eigenvalue weighted by Gasteiger charge is -2.36. The Labute approximate surface area is 116 Å². The monoisotopic (exact) mass is 257 g/mol. The van der Waals surface area contributed by atoms with E-state index in [2.05, 4.69) is 42.1 Å². The first kappa shape index (κ1) is 14.0. The summed E-state index contributed by atoms with van der Waals surface area (Å²) in [6.45, 7) is 3.13. The van der Waals surface area contributed by atoms with Crippen molar-refractivity contribution < 1.29 is 0 Å². The highest BCUT2D eigenvalue weighted by Crippen LogP contribution is 2.19. The lowest BCUT2D eigenvalue weighted by atomic mass is 9.98. The summed E-state index contributed by atoms with van der Waals surface area (Å²) in [6.07, 6.45) is 2.50. The Morgan fingerprint density at radius 3 is 2.79 bits per heavy atom.